The van der Waals surface area contributed by atoms with Crippen LogP contribution in [0.4, 0.5) is 16.2 Å². The zero-order valence-corrected chi connectivity index (χ0v) is 12.7. The Labute approximate surface area is 124 Å². The van der Waals surface area contributed by atoms with Gasteiger partial charge in [-0.25, -0.2) is 4.79 Å². The predicted molar refractivity (Wildman–Crippen MR) is 83.7 cm³/mol. The van der Waals surface area contributed by atoms with Crippen LogP contribution in [0.5, 0.6) is 0 Å². The van der Waals surface area contributed by atoms with Crippen molar-refractivity contribution >= 4 is 44.7 Å². The fourth-order valence-electron chi connectivity index (χ4n) is 1.72. The number of nitrogens with two attached hydrogens (primary N) is 1. The number of thiophene rings is 1. The highest BCUT2D eigenvalue weighted by Gasteiger charge is 2.10. The Morgan fingerprint density at radius 1 is 1.26 bits per heavy atom. The third-order valence-corrected chi connectivity index (χ3v) is 4.63. The summed E-state index contributed by atoms with van der Waals surface area (Å²) in [6.07, 6.45) is 0. The van der Waals surface area contributed by atoms with E-state index in [2.05, 4.69) is 38.9 Å². The van der Waals surface area contributed by atoms with Gasteiger partial charge in [0.1, 0.15) is 0 Å². The number of urea groups is 1. The second kappa shape index (κ2) is 6.08. The molecular weight excluding hydrogens is 326 g/mol. The number of hydrogen-bond donors (Lipinski definition) is 3. The fraction of sp³-hybridized carbons (Fsp3) is 0.154. The minimum atomic E-state index is -0.559. The van der Waals surface area contributed by atoms with Gasteiger partial charge in [-0.15, -0.1) is 11.3 Å². The molecule has 0 saturated carbocycles. The standard InChI is InChI=1S/C13H14BrN3OS/c1-8(12-11(14)6-7-19-12)16-9-2-4-10(5-3-9)17-13(15)18/h2-8,16H,1H3,(H3,15,17,18). The first-order valence-electron chi connectivity index (χ1n) is 5.72. The molecule has 100 valence electrons. The van der Waals surface area contributed by atoms with Gasteiger partial charge in [0.2, 0.25) is 0 Å². The Kier molecular flexibility index (Phi) is 4.44. The molecule has 2 amide bonds. The van der Waals surface area contributed by atoms with E-state index in [1.54, 1.807) is 11.3 Å². The van der Waals surface area contributed by atoms with Gasteiger partial charge in [-0.2, -0.15) is 0 Å². The van der Waals surface area contributed by atoms with E-state index in [0.29, 0.717) is 5.69 Å². The average molecular weight is 340 g/mol. The number of carbonyl (C=O) groups excluding carboxylic acids is 1. The van der Waals surface area contributed by atoms with Gasteiger partial charge >= 0.3 is 6.03 Å². The molecule has 0 aliphatic carbocycles. The SMILES string of the molecule is CC(Nc1ccc(NC(N)=O)cc1)c1sccc1Br. The molecule has 1 unspecified atom stereocenters. The van der Waals surface area contributed by atoms with Gasteiger partial charge < -0.3 is 16.4 Å². The molecular formula is C13H14BrN3OS. The maximum Gasteiger partial charge on any atom is 0.316 e. The summed E-state index contributed by atoms with van der Waals surface area (Å²) >= 11 is 5.23. The zero-order valence-electron chi connectivity index (χ0n) is 10.3. The molecule has 0 radical (unpaired) electrons. The smallest absolute Gasteiger partial charge is 0.316 e. The number of halogens is 1. The van der Waals surface area contributed by atoms with Crippen molar-refractivity contribution < 1.29 is 4.79 Å². The van der Waals surface area contributed by atoms with Gasteiger partial charge in [0, 0.05) is 20.7 Å². The van der Waals surface area contributed by atoms with Crippen molar-refractivity contribution in [3.05, 3.63) is 45.1 Å². The Hall–Kier alpha value is -1.53. The first kappa shape index (κ1) is 13.9. The lowest BCUT2D eigenvalue weighted by Gasteiger charge is -2.15. The summed E-state index contributed by atoms with van der Waals surface area (Å²) in [6, 6.07) is 9.12. The fourth-order valence-corrected chi connectivity index (χ4v) is 3.45. The van der Waals surface area contributed by atoms with Crippen LogP contribution in [0.2, 0.25) is 0 Å². The van der Waals surface area contributed by atoms with E-state index in [0.717, 1.165) is 10.2 Å². The molecule has 1 aromatic heterocycles. The van der Waals surface area contributed by atoms with Crippen LogP contribution in [0.25, 0.3) is 0 Å². The van der Waals surface area contributed by atoms with Crippen LogP contribution in [-0.2, 0) is 0 Å². The van der Waals surface area contributed by atoms with Crippen molar-refractivity contribution in [2.24, 2.45) is 5.73 Å². The number of primary amides is 1. The number of carbonyl (C=O) groups is 1. The van der Waals surface area contributed by atoms with Crippen LogP contribution in [0.1, 0.15) is 17.8 Å². The van der Waals surface area contributed by atoms with Gasteiger partial charge in [-0.3, -0.25) is 0 Å². The van der Waals surface area contributed by atoms with Gasteiger partial charge in [0.15, 0.2) is 0 Å². The van der Waals surface area contributed by atoms with Gasteiger partial charge in [0.05, 0.1) is 6.04 Å². The summed E-state index contributed by atoms with van der Waals surface area (Å²) in [5.74, 6) is 0. The number of benzene rings is 1. The summed E-state index contributed by atoms with van der Waals surface area (Å²) in [5, 5.41) is 7.98. The van der Waals surface area contributed by atoms with E-state index in [9.17, 15) is 4.79 Å². The van der Waals surface area contributed by atoms with E-state index >= 15 is 0 Å². The quantitative estimate of drug-likeness (QED) is 0.782. The number of nitrogens with one attached hydrogen (secondary N) is 2. The molecule has 2 aromatic rings. The largest absolute Gasteiger partial charge is 0.378 e. The van der Waals surface area contributed by atoms with Crippen molar-refractivity contribution in [3.63, 3.8) is 0 Å². The minimum absolute atomic E-state index is 0.212. The molecule has 1 atom stereocenters. The zero-order chi connectivity index (χ0) is 13.8. The molecule has 0 aliphatic heterocycles. The lowest BCUT2D eigenvalue weighted by Crippen LogP contribution is -2.19. The first-order valence-corrected chi connectivity index (χ1v) is 7.39. The van der Waals surface area contributed by atoms with Crippen LogP contribution in [0, 0.1) is 0 Å². The molecule has 19 heavy (non-hydrogen) atoms. The molecule has 0 fully saturated rings. The molecule has 6 heteroatoms. The van der Waals surface area contributed by atoms with Crippen LogP contribution in [0.15, 0.2) is 40.2 Å². The number of rotatable bonds is 4. The van der Waals surface area contributed by atoms with Crippen LogP contribution in [0.3, 0.4) is 0 Å². The predicted octanol–water partition coefficient (Wildman–Crippen LogP) is 4.17. The topological polar surface area (TPSA) is 67.2 Å². The number of hydrogen-bond acceptors (Lipinski definition) is 3. The Morgan fingerprint density at radius 2 is 1.89 bits per heavy atom. The first-order chi connectivity index (χ1) is 9.06. The van der Waals surface area contributed by atoms with E-state index < -0.39 is 6.03 Å². The summed E-state index contributed by atoms with van der Waals surface area (Å²) < 4.78 is 1.12. The maximum absolute atomic E-state index is 10.7. The van der Waals surface area contributed by atoms with E-state index in [4.69, 9.17) is 5.73 Å². The van der Waals surface area contributed by atoms with Crippen molar-refractivity contribution in [3.8, 4) is 0 Å². The third-order valence-electron chi connectivity index (χ3n) is 2.57. The highest BCUT2D eigenvalue weighted by atomic mass is 79.9. The van der Waals surface area contributed by atoms with E-state index in [1.807, 2.05) is 30.3 Å². The lowest BCUT2D eigenvalue weighted by atomic mass is 10.2. The Bertz CT molecular complexity index is 568. The highest BCUT2D eigenvalue weighted by Crippen LogP contribution is 2.31. The highest BCUT2D eigenvalue weighted by molar-refractivity contribution is 9.10. The second-order valence-electron chi connectivity index (χ2n) is 4.07. The summed E-state index contributed by atoms with van der Waals surface area (Å²) in [6.45, 7) is 2.10. The van der Waals surface area contributed by atoms with Crippen LogP contribution >= 0.6 is 27.3 Å². The molecule has 0 saturated heterocycles. The maximum atomic E-state index is 10.7. The summed E-state index contributed by atoms with van der Waals surface area (Å²) in [5.41, 5.74) is 6.73. The number of anilines is 2. The minimum Gasteiger partial charge on any atom is -0.378 e. The average Bonchev–Trinajstić information content (AvgIpc) is 2.77. The van der Waals surface area contributed by atoms with Crippen molar-refractivity contribution in [1.29, 1.82) is 0 Å². The Morgan fingerprint density at radius 3 is 2.42 bits per heavy atom. The summed E-state index contributed by atoms with van der Waals surface area (Å²) in [7, 11) is 0. The second-order valence-corrected chi connectivity index (χ2v) is 5.87. The van der Waals surface area contributed by atoms with Gasteiger partial charge in [-0.05, 0) is 58.6 Å². The molecule has 4 nitrogen and oxygen atoms in total. The van der Waals surface area contributed by atoms with Crippen molar-refractivity contribution in [2.45, 2.75) is 13.0 Å². The monoisotopic (exact) mass is 339 g/mol. The number of amides is 2. The molecule has 0 bridgehead atoms. The third kappa shape index (κ3) is 3.71. The van der Waals surface area contributed by atoms with Crippen molar-refractivity contribution in [2.75, 3.05) is 10.6 Å². The Balaban J connectivity index is 2.03. The molecule has 2 rings (SSSR count). The van der Waals surface area contributed by atoms with Gasteiger partial charge in [-0.1, -0.05) is 0 Å². The van der Waals surface area contributed by atoms with Crippen molar-refractivity contribution in [1.82, 2.24) is 0 Å². The summed E-state index contributed by atoms with van der Waals surface area (Å²) in [4.78, 5) is 12.0. The molecule has 4 N–H and O–H groups in total. The lowest BCUT2D eigenvalue weighted by molar-refractivity contribution is 0.259. The van der Waals surface area contributed by atoms with Gasteiger partial charge in [0.25, 0.3) is 0 Å². The molecule has 1 heterocycles. The van der Waals surface area contributed by atoms with Crippen LogP contribution < -0.4 is 16.4 Å². The van der Waals surface area contributed by atoms with E-state index in [1.165, 1.54) is 4.88 Å². The molecule has 0 aliphatic rings. The van der Waals surface area contributed by atoms with Crippen LogP contribution in [-0.4, -0.2) is 6.03 Å². The molecule has 1 aromatic carbocycles. The van der Waals surface area contributed by atoms with E-state index in [-0.39, 0.29) is 6.04 Å². The molecule has 0 spiro atoms. The normalized spacial score (nSPS) is 11.9.